The van der Waals surface area contributed by atoms with E-state index in [4.69, 9.17) is 0 Å². The Labute approximate surface area is 99.6 Å². The van der Waals surface area contributed by atoms with Crippen molar-refractivity contribution in [2.24, 2.45) is 7.05 Å². The Morgan fingerprint density at radius 2 is 2.29 bits per heavy atom. The summed E-state index contributed by atoms with van der Waals surface area (Å²) in [4.78, 5) is 25.1. The normalized spacial score (nSPS) is 16.6. The molecule has 0 unspecified atom stereocenters. The summed E-state index contributed by atoms with van der Waals surface area (Å²) in [6.45, 7) is 3.23. The van der Waals surface area contributed by atoms with Crippen molar-refractivity contribution in [3.8, 4) is 0 Å². The number of amides is 2. The number of nitrogens with zero attached hydrogens (tertiary/aromatic N) is 3. The molecule has 1 fully saturated rings. The molecule has 0 atom stereocenters. The number of aryl methyl sites for hydroxylation is 2. The quantitative estimate of drug-likeness (QED) is 0.727. The number of aromatic nitrogens is 2. The van der Waals surface area contributed by atoms with Gasteiger partial charge in [-0.1, -0.05) is 0 Å². The largest absolute Gasteiger partial charge is 0.354 e. The van der Waals surface area contributed by atoms with E-state index in [9.17, 15) is 9.59 Å². The van der Waals surface area contributed by atoms with Gasteiger partial charge in [0, 0.05) is 25.8 Å². The smallest absolute Gasteiger partial charge is 0.274 e. The molecular weight excluding hydrogens is 220 g/mol. The van der Waals surface area contributed by atoms with E-state index >= 15 is 0 Å². The topological polar surface area (TPSA) is 67.2 Å². The average Bonchev–Trinajstić information content (AvgIpc) is 2.51. The summed E-state index contributed by atoms with van der Waals surface area (Å²) < 4.78 is 1.66. The number of rotatable bonds is 1. The molecule has 1 aliphatic rings. The van der Waals surface area contributed by atoms with Gasteiger partial charge in [-0.15, -0.1) is 0 Å². The minimum Gasteiger partial charge on any atom is -0.354 e. The summed E-state index contributed by atoms with van der Waals surface area (Å²) in [5.74, 6) is -0.283. The Morgan fingerprint density at radius 1 is 1.53 bits per heavy atom. The lowest BCUT2D eigenvalue weighted by atomic mass is 10.3. The number of nitrogens with one attached hydrogen (secondary N) is 1. The molecule has 6 heteroatoms. The van der Waals surface area contributed by atoms with Gasteiger partial charge < -0.3 is 10.2 Å². The molecule has 0 aromatic carbocycles. The summed E-state index contributed by atoms with van der Waals surface area (Å²) in [5.41, 5.74) is 1.33. The first-order chi connectivity index (χ1) is 8.08. The Kier molecular flexibility index (Phi) is 3.12. The molecule has 0 saturated carbocycles. The first-order valence-electron chi connectivity index (χ1n) is 5.64. The summed E-state index contributed by atoms with van der Waals surface area (Å²) in [6, 6.07) is 1.74. The van der Waals surface area contributed by atoms with Gasteiger partial charge in [0.2, 0.25) is 5.91 Å². The highest BCUT2D eigenvalue weighted by molar-refractivity contribution is 5.95. The number of carbonyl (C=O) groups is 2. The lowest BCUT2D eigenvalue weighted by Crippen LogP contribution is -2.37. The molecule has 0 spiro atoms. The van der Waals surface area contributed by atoms with Crippen LogP contribution < -0.4 is 5.32 Å². The van der Waals surface area contributed by atoms with Gasteiger partial charge in [-0.2, -0.15) is 5.10 Å². The lowest BCUT2D eigenvalue weighted by molar-refractivity contribution is -0.121. The molecule has 2 rings (SSSR count). The van der Waals surface area contributed by atoms with Crippen LogP contribution in [0.15, 0.2) is 6.07 Å². The van der Waals surface area contributed by atoms with Crippen molar-refractivity contribution < 1.29 is 9.59 Å². The summed E-state index contributed by atoms with van der Waals surface area (Å²) >= 11 is 0. The standard InChI is InChI=1S/C11H16N4O2/c1-8-6-9(13-14(8)2)11(17)15-5-3-4-12-10(16)7-15/h6H,3-5,7H2,1-2H3,(H,12,16). The highest BCUT2D eigenvalue weighted by atomic mass is 16.2. The van der Waals surface area contributed by atoms with Gasteiger partial charge >= 0.3 is 0 Å². The maximum Gasteiger partial charge on any atom is 0.274 e. The van der Waals surface area contributed by atoms with E-state index < -0.39 is 0 Å². The van der Waals surface area contributed by atoms with Crippen LogP contribution in [0.4, 0.5) is 0 Å². The molecule has 17 heavy (non-hydrogen) atoms. The second-order valence-corrected chi connectivity index (χ2v) is 4.22. The fourth-order valence-electron chi connectivity index (χ4n) is 1.81. The molecular formula is C11H16N4O2. The third-order valence-electron chi connectivity index (χ3n) is 2.88. The van der Waals surface area contributed by atoms with E-state index in [0.717, 1.165) is 12.1 Å². The van der Waals surface area contributed by atoms with Crippen molar-refractivity contribution in [3.63, 3.8) is 0 Å². The summed E-state index contributed by atoms with van der Waals surface area (Å²) in [6.07, 6.45) is 0.781. The Morgan fingerprint density at radius 3 is 2.94 bits per heavy atom. The molecule has 92 valence electrons. The van der Waals surface area contributed by atoms with Crippen LogP contribution >= 0.6 is 0 Å². The number of hydrogen-bond acceptors (Lipinski definition) is 3. The Bertz CT molecular complexity index is 433. The Balaban J connectivity index is 2.15. The molecule has 1 aromatic heterocycles. The van der Waals surface area contributed by atoms with E-state index in [-0.39, 0.29) is 18.4 Å². The van der Waals surface area contributed by atoms with Crippen molar-refractivity contribution in [1.29, 1.82) is 0 Å². The molecule has 1 N–H and O–H groups in total. The Hall–Kier alpha value is -1.85. The highest BCUT2D eigenvalue weighted by Crippen LogP contribution is 2.07. The van der Waals surface area contributed by atoms with Crippen molar-refractivity contribution in [2.45, 2.75) is 13.3 Å². The lowest BCUT2D eigenvalue weighted by Gasteiger charge is -2.17. The molecule has 1 aliphatic heterocycles. The second kappa shape index (κ2) is 4.57. The van der Waals surface area contributed by atoms with Crippen molar-refractivity contribution >= 4 is 11.8 Å². The van der Waals surface area contributed by atoms with Gasteiger partial charge in [-0.05, 0) is 19.4 Å². The molecule has 1 saturated heterocycles. The van der Waals surface area contributed by atoms with Gasteiger partial charge in [0.15, 0.2) is 5.69 Å². The van der Waals surface area contributed by atoms with Gasteiger partial charge in [0.25, 0.3) is 5.91 Å². The zero-order valence-electron chi connectivity index (χ0n) is 10.1. The highest BCUT2D eigenvalue weighted by Gasteiger charge is 2.22. The molecule has 0 bridgehead atoms. The molecule has 2 amide bonds. The number of carbonyl (C=O) groups excluding carboxylic acids is 2. The van der Waals surface area contributed by atoms with Crippen LogP contribution in [0.1, 0.15) is 22.6 Å². The minimum atomic E-state index is -0.175. The summed E-state index contributed by atoms with van der Waals surface area (Å²) in [7, 11) is 1.79. The van der Waals surface area contributed by atoms with Crippen LogP contribution in [0.2, 0.25) is 0 Å². The van der Waals surface area contributed by atoms with Gasteiger partial charge in [-0.25, -0.2) is 0 Å². The van der Waals surface area contributed by atoms with Crippen molar-refractivity contribution in [3.05, 3.63) is 17.5 Å². The van der Waals surface area contributed by atoms with E-state index in [1.54, 1.807) is 22.7 Å². The maximum atomic E-state index is 12.1. The maximum absolute atomic E-state index is 12.1. The summed E-state index contributed by atoms with van der Waals surface area (Å²) in [5, 5.41) is 6.87. The molecule has 6 nitrogen and oxygen atoms in total. The van der Waals surface area contributed by atoms with Gasteiger partial charge in [0.1, 0.15) is 0 Å². The number of hydrogen-bond donors (Lipinski definition) is 1. The van der Waals surface area contributed by atoms with Crippen LogP contribution in [-0.4, -0.2) is 46.1 Å². The molecule has 2 heterocycles. The average molecular weight is 236 g/mol. The van der Waals surface area contributed by atoms with E-state index in [2.05, 4.69) is 10.4 Å². The van der Waals surface area contributed by atoms with Crippen LogP contribution in [0.5, 0.6) is 0 Å². The monoisotopic (exact) mass is 236 g/mol. The fourth-order valence-corrected chi connectivity index (χ4v) is 1.81. The molecule has 0 aliphatic carbocycles. The van der Waals surface area contributed by atoms with Gasteiger partial charge in [0.05, 0.1) is 6.54 Å². The first-order valence-corrected chi connectivity index (χ1v) is 5.64. The molecule has 1 aromatic rings. The fraction of sp³-hybridized carbons (Fsp3) is 0.545. The predicted octanol–water partition coefficient (Wildman–Crippen LogP) is -0.309. The SMILES string of the molecule is Cc1cc(C(=O)N2CCCNC(=O)C2)nn1C. The van der Waals surface area contributed by atoms with Crippen molar-refractivity contribution in [2.75, 3.05) is 19.6 Å². The van der Waals surface area contributed by atoms with Crippen molar-refractivity contribution in [1.82, 2.24) is 20.0 Å². The van der Waals surface area contributed by atoms with Crippen LogP contribution in [-0.2, 0) is 11.8 Å². The third kappa shape index (κ3) is 2.46. The third-order valence-corrected chi connectivity index (χ3v) is 2.88. The second-order valence-electron chi connectivity index (χ2n) is 4.22. The van der Waals surface area contributed by atoms with E-state index in [1.807, 2.05) is 6.92 Å². The predicted molar refractivity (Wildman–Crippen MR) is 61.5 cm³/mol. The van der Waals surface area contributed by atoms with E-state index in [0.29, 0.717) is 18.8 Å². The van der Waals surface area contributed by atoms with E-state index in [1.165, 1.54) is 0 Å². The molecule has 0 radical (unpaired) electrons. The van der Waals surface area contributed by atoms with Crippen LogP contribution in [0.25, 0.3) is 0 Å². The minimum absolute atomic E-state index is 0.108. The zero-order valence-corrected chi connectivity index (χ0v) is 10.1. The zero-order chi connectivity index (χ0) is 12.4. The van der Waals surface area contributed by atoms with Crippen LogP contribution in [0, 0.1) is 6.92 Å². The van der Waals surface area contributed by atoms with Gasteiger partial charge in [-0.3, -0.25) is 14.3 Å². The first kappa shape index (κ1) is 11.6. The van der Waals surface area contributed by atoms with Crippen LogP contribution in [0.3, 0.4) is 0 Å².